The molecule has 0 aromatic heterocycles. The lowest BCUT2D eigenvalue weighted by atomic mass is 9.77. The number of aryl methyl sites for hydroxylation is 1. The molecule has 0 aliphatic carbocycles. The number of carbonyl (C=O) groups excluding carboxylic acids is 3. The smallest absolute Gasteiger partial charge is 0.373 e. The van der Waals surface area contributed by atoms with E-state index in [1.54, 1.807) is 12.1 Å². The number of halogens is 2. The normalized spacial score (nSPS) is 15.6. The topological polar surface area (TPSA) is 84.8 Å². The molecule has 0 radical (unpaired) electrons. The lowest BCUT2D eigenvalue weighted by Gasteiger charge is -2.25. The maximum atomic E-state index is 13.9. The quantitative estimate of drug-likeness (QED) is 0.463. The minimum atomic E-state index is -0.899. The Balaban J connectivity index is 0.00000115. The minimum absolute atomic E-state index is 0.0411. The molecular weight excluding hydrogens is 466 g/mol. The molecule has 1 atom stereocenters. The summed E-state index contributed by atoms with van der Waals surface area (Å²) in [5.41, 5.74) is 4.65. The Bertz CT molecular complexity index is 1310. The number of hydrogen-bond acceptors (Lipinski definition) is 5. The lowest BCUT2D eigenvalue weighted by Crippen LogP contribution is -2.32. The Morgan fingerprint density at radius 1 is 1.03 bits per heavy atom. The fourth-order valence-electron chi connectivity index (χ4n) is 4.25. The molecule has 3 aromatic rings. The van der Waals surface area contributed by atoms with Gasteiger partial charge in [-0.25, -0.2) is 8.78 Å². The van der Waals surface area contributed by atoms with Gasteiger partial charge < -0.3 is 10.2 Å². The summed E-state index contributed by atoms with van der Waals surface area (Å²) in [6.45, 7) is 8.40. The maximum absolute atomic E-state index is 13.9. The van der Waals surface area contributed by atoms with Gasteiger partial charge in [-0.15, -0.1) is 0 Å². The summed E-state index contributed by atoms with van der Waals surface area (Å²) in [6.07, 6.45) is 1.17. The highest BCUT2D eigenvalue weighted by Gasteiger charge is 2.41. The van der Waals surface area contributed by atoms with Crippen molar-refractivity contribution in [2.75, 3.05) is 5.32 Å². The van der Waals surface area contributed by atoms with E-state index in [0.717, 1.165) is 46.5 Å². The van der Waals surface area contributed by atoms with Gasteiger partial charge in [0.1, 0.15) is 23.3 Å². The van der Waals surface area contributed by atoms with Gasteiger partial charge in [0, 0.05) is 11.3 Å². The zero-order chi connectivity index (χ0) is 26.5. The molecule has 1 amide bonds. The Labute approximate surface area is 208 Å². The van der Waals surface area contributed by atoms with E-state index in [1.807, 2.05) is 19.1 Å². The van der Waals surface area contributed by atoms with Crippen LogP contribution in [0, 0.1) is 24.0 Å². The molecule has 0 fully saturated rings. The summed E-state index contributed by atoms with van der Waals surface area (Å²) >= 11 is 0. The van der Waals surface area contributed by atoms with Gasteiger partial charge in [0.2, 0.25) is 0 Å². The molecule has 186 valence electrons. The van der Waals surface area contributed by atoms with E-state index in [-0.39, 0.29) is 17.7 Å². The Morgan fingerprint density at radius 3 is 2.17 bits per heavy atom. The number of amides is 1. The van der Waals surface area contributed by atoms with Crippen LogP contribution in [0.4, 0.5) is 14.5 Å². The van der Waals surface area contributed by atoms with Crippen LogP contribution in [0.15, 0.2) is 65.8 Å². The van der Waals surface area contributed by atoms with Gasteiger partial charge >= 0.3 is 6.15 Å². The highest BCUT2D eigenvalue weighted by molar-refractivity contribution is 6.06. The van der Waals surface area contributed by atoms with Crippen LogP contribution in [0.2, 0.25) is 0 Å². The number of nitrogens with one attached hydrogen (secondary N) is 1. The van der Waals surface area contributed by atoms with Crippen LogP contribution in [-0.4, -0.2) is 23.9 Å². The predicted molar refractivity (Wildman–Crippen MR) is 131 cm³/mol. The molecule has 1 unspecified atom stereocenters. The van der Waals surface area contributed by atoms with Crippen LogP contribution in [-0.2, 0) is 14.4 Å². The summed E-state index contributed by atoms with van der Waals surface area (Å²) in [6, 6.07) is 16.7. The van der Waals surface area contributed by atoms with Crippen LogP contribution >= 0.6 is 0 Å². The fraction of sp³-hybridized carbons (Fsp3) is 0.250. The van der Waals surface area contributed by atoms with Crippen molar-refractivity contribution in [3.05, 3.63) is 89.0 Å². The molecule has 0 saturated heterocycles. The van der Waals surface area contributed by atoms with Gasteiger partial charge in [0.15, 0.2) is 0 Å². The largest absolute Gasteiger partial charge is 0.391 e. The molecule has 0 spiro atoms. The number of carbonyl (C=O) groups is 1. The van der Waals surface area contributed by atoms with E-state index in [4.69, 9.17) is 14.4 Å². The molecule has 1 aliphatic rings. The van der Waals surface area contributed by atoms with Gasteiger partial charge in [-0.2, -0.15) is 9.59 Å². The SMILES string of the molecule is CCC1ON=C(c2ccc(C)c(-c3ccc(NC(=O)c4c(F)cccc4F)cc3)c2)C1(C)C.O=C=O. The first-order valence-corrected chi connectivity index (χ1v) is 11.3. The molecular formula is C28H26F2N2O4. The number of anilines is 1. The van der Waals surface area contributed by atoms with Crippen LogP contribution in [0.5, 0.6) is 0 Å². The molecule has 1 heterocycles. The third-order valence-corrected chi connectivity index (χ3v) is 6.21. The summed E-state index contributed by atoms with van der Waals surface area (Å²) in [7, 11) is 0. The van der Waals surface area contributed by atoms with E-state index >= 15 is 0 Å². The first-order chi connectivity index (χ1) is 17.1. The second-order valence-corrected chi connectivity index (χ2v) is 8.91. The monoisotopic (exact) mass is 492 g/mol. The van der Waals surface area contributed by atoms with Gasteiger partial charge in [0.25, 0.3) is 5.91 Å². The molecule has 8 heteroatoms. The van der Waals surface area contributed by atoms with Crippen molar-refractivity contribution < 1.29 is 28.0 Å². The average molecular weight is 493 g/mol. The van der Waals surface area contributed by atoms with Crippen LogP contribution in [0.25, 0.3) is 11.1 Å². The van der Waals surface area contributed by atoms with E-state index in [1.165, 1.54) is 6.07 Å². The van der Waals surface area contributed by atoms with E-state index in [0.29, 0.717) is 5.69 Å². The lowest BCUT2D eigenvalue weighted by molar-refractivity contribution is -0.191. The van der Waals surface area contributed by atoms with Crippen molar-refractivity contribution in [1.82, 2.24) is 0 Å². The zero-order valence-corrected chi connectivity index (χ0v) is 20.4. The summed E-state index contributed by atoms with van der Waals surface area (Å²) in [5.74, 6) is -2.63. The van der Waals surface area contributed by atoms with E-state index in [2.05, 4.69) is 49.4 Å². The standard InChI is InChI=1S/C27H26F2N2O2.CO2/c1-5-23-27(3,4)25(31-33-23)18-10-9-16(2)20(15-18)17-11-13-19(14-12-17)30-26(32)24-21(28)7-6-8-22(24)29;2-1-3/h6-15,23H,5H2,1-4H3,(H,30,32);. The molecule has 1 aliphatic heterocycles. The van der Waals surface area contributed by atoms with Crippen molar-refractivity contribution in [3.8, 4) is 11.1 Å². The number of hydrogen-bond donors (Lipinski definition) is 1. The third kappa shape index (κ3) is 5.39. The third-order valence-electron chi connectivity index (χ3n) is 6.21. The first kappa shape index (κ1) is 26.4. The van der Waals surface area contributed by atoms with E-state index < -0.39 is 23.1 Å². The van der Waals surface area contributed by atoms with Crippen molar-refractivity contribution in [2.45, 2.75) is 40.2 Å². The van der Waals surface area contributed by atoms with Gasteiger partial charge in [0.05, 0.1) is 11.1 Å². The molecule has 1 N–H and O–H groups in total. The maximum Gasteiger partial charge on any atom is 0.373 e. The molecule has 0 bridgehead atoms. The van der Waals surface area contributed by atoms with Crippen molar-refractivity contribution in [2.24, 2.45) is 10.6 Å². The Morgan fingerprint density at radius 2 is 1.61 bits per heavy atom. The van der Waals surface area contributed by atoms with Gasteiger partial charge in [-0.05, 0) is 60.4 Å². The summed E-state index contributed by atoms with van der Waals surface area (Å²) < 4.78 is 27.8. The molecule has 3 aromatic carbocycles. The van der Waals surface area contributed by atoms with E-state index in [9.17, 15) is 13.6 Å². The molecule has 6 nitrogen and oxygen atoms in total. The molecule has 36 heavy (non-hydrogen) atoms. The minimum Gasteiger partial charge on any atom is -0.391 e. The number of benzene rings is 3. The highest BCUT2D eigenvalue weighted by atomic mass is 19.1. The highest BCUT2D eigenvalue weighted by Crippen LogP contribution is 2.37. The average Bonchev–Trinajstić information content (AvgIpc) is 3.14. The molecule has 4 rings (SSSR count). The van der Waals surface area contributed by atoms with Crippen LogP contribution < -0.4 is 5.32 Å². The predicted octanol–water partition coefficient (Wildman–Crippen LogP) is 6.15. The Hall–Kier alpha value is -4.16. The van der Waals surface area contributed by atoms with Crippen LogP contribution in [0.1, 0.15) is 48.7 Å². The van der Waals surface area contributed by atoms with Gasteiger partial charge in [-0.3, -0.25) is 4.79 Å². The van der Waals surface area contributed by atoms with Crippen LogP contribution in [0.3, 0.4) is 0 Å². The first-order valence-electron chi connectivity index (χ1n) is 11.3. The second-order valence-electron chi connectivity index (χ2n) is 8.91. The summed E-state index contributed by atoms with van der Waals surface area (Å²) in [4.78, 5) is 34.3. The number of oxime groups is 1. The van der Waals surface area contributed by atoms with Crippen molar-refractivity contribution >= 4 is 23.5 Å². The second kappa shape index (κ2) is 11.1. The summed E-state index contributed by atoms with van der Waals surface area (Å²) in [5, 5.41) is 6.93. The van der Waals surface area contributed by atoms with Crippen molar-refractivity contribution in [1.29, 1.82) is 0 Å². The molecule has 0 saturated carbocycles. The Kier molecular flexibility index (Phi) is 8.12. The van der Waals surface area contributed by atoms with Gasteiger partial charge in [-0.1, -0.05) is 56.3 Å². The van der Waals surface area contributed by atoms with Crippen molar-refractivity contribution in [3.63, 3.8) is 0 Å². The zero-order valence-electron chi connectivity index (χ0n) is 20.4. The number of nitrogens with zero attached hydrogens (tertiary/aromatic N) is 1. The fourth-order valence-corrected chi connectivity index (χ4v) is 4.25. The number of rotatable bonds is 5.